The first kappa shape index (κ1) is 27.7. The number of halogens is 1. The molecule has 3 amide bonds. The van der Waals surface area contributed by atoms with Gasteiger partial charge in [-0.15, -0.1) is 0 Å². The number of urea groups is 1. The zero-order valence-corrected chi connectivity index (χ0v) is 21.9. The van der Waals surface area contributed by atoms with Crippen LogP contribution < -0.4 is 10.6 Å². The molecule has 0 radical (unpaired) electrons. The van der Waals surface area contributed by atoms with Gasteiger partial charge >= 0.3 is 18.0 Å². The molecule has 0 spiro atoms. The van der Waals surface area contributed by atoms with Crippen LogP contribution in [0.15, 0.2) is 48.4 Å². The normalized spacial score (nSPS) is 19.1. The van der Waals surface area contributed by atoms with Gasteiger partial charge in [-0.25, -0.2) is 14.0 Å². The van der Waals surface area contributed by atoms with E-state index in [-0.39, 0.29) is 23.4 Å². The molecular weight excluding hydrogens is 511 g/mol. The summed E-state index contributed by atoms with van der Waals surface area (Å²) in [6, 6.07) is 5.93. The van der Waals surface area contributed by atoms with Gasteiger partial charge in [-0.05, 0) is 69.5 Å². The van der Waals surface area contributed by atoms with Crippen molar-refractivity contribution in [2.24, 2.45) is 11.3 Å². The number of hydrogen-bond acceptors (Lipinski definition) is 8. The number of aliphatic hydroxyl groups excluding tert-OH is 1. The van der Waals surface area contributed by atoms with Crippen LogP contribution in [-0.2, 0) is 23.9 Å². The highest BCUT2D eigenvalue weighted by molar-refractivity contribution is 6.07. The van der Waals surface area contributed by atoms with Crippen molar-refractivity contribution in [1.29, 1.82) is 0 Å². The molecular formula is C27H29FN4O7. The standard InChI is InChI=1S/C27H29FN4O7/c1-14(33)21-20-12-17(22(32(20)23(21)34)24(35)38-13-39-25(36)27(2,3)4)15-5-6-19(18(28)11-15)31-26(37)30-16-7-9-29-10-8-16/h5-11,14,20-21,33H,12-13H2,1-4H3,(H2,29,30,31,37)/t14-,20-,21-/m1/s1. The summed E-state index contributed by atoms with van der Waals surface area (Å²) in [6.07, 6.45) is 2.20. The molecule has 3 atom stereocenters. The first-order chi connectivity index (χ1) is 18.4. The van der Waals surface area contributed by atoms with Crippen molar-refractivity contribution in [2.75, 3.05) is 17.4 Å². The van der Waals surface area contributed by atoms with Crippen LogP contribution in [0.25, 0.3) is 5.57 Å². The number of nitrogens with zero attached hydrogens (tertiary/aromatic N) is 2. The smallest absolute Gasteiger partial charge is 0.358 e. The fraction of sp³-hybridized carbons (Fsp3) is 0.370. The molecule has 0 unspecified atom stereocenters. The third kappa shape index (κ3) is 5.75. The predicted molar refractivity (Wildman–Crippen MR) is 137 cm³/mol. The van der Waals surface area contributed by atoms with E-state index in [0.29, 0.717) is 11.3 Å². The lowest BCUT2D eigenvalue weighted by atomic mass is 9.82. The first-order valence-corrected chi connectivity index (χ1v) is 12.2. The van der Waals surface area contributed by atoms with Gasteiger partial charge in [0.15, 0.2) is 0 Å². The topological polar surface area (TPSA) is 147 Å². The lowest BCUT2D eigenvalue weighted by Gasteiger charge is -2.44. The van der Waals surface area contributed by atoms with Crippen molar-refractivity contribution in [1.82, 2.24) is 9.88 Å². The first-order valence-electron chi connectivity index (χ1n) is 12.2. The minimum absolute atomic E-state index is 0.107. The number of β-lactam (4-membered cyclic amide) rings is 1. The second kappa shape index (κ2) is 10.8. The molecule has 2 aliphatic rings. The molecule has 11 nitrogen and oxygen atoms in total. The highest BCUT2D eigenvalue weighted by Crippen LogP contribution is 2.47. The van der Waals surface area contributed by atoms with E-state index in [1.807, 2.05) is 0 Å². The summed E-state index contributed by atoms with van der Waals surface area (Å²) in [5.74, 6) is -3.47. The van der Waals surface area contributed by atoms with E-state index >= 15 is 4.39 Å². The van der Waals surface area contributed by atoms with Crippen LogP contribution in [0.5, 0.6) is 0 Å². The maximum absolute atomic E-state index is 15.1. The van der Waals surface area contributed by atoms with Gasteiger partial charge in [0.25, 0.3) is 0 Å². The summed E-state index contributed by atoms with van der Waals surface area (Å²) in [4.78, 5) is 55.2. The van der Waals surface area contributed by atoms with Crippen molar-refractivity contribution < 1.29 is 38.1 Å². The number of carbonyl (C=O) groups excluding carboxylic acids is 4. The molecule has 1 aromatic carbocycles. The number of ether oxygens (including phenoxy) is 2. The zero-order chi connectivity index (χ0) is 28.5. The van der Waals surface area contributed by atoms with E-state index in [1.54, 1.807) is 32.9 Å². The maximum atomic E-state index is 15.1. The second-order valence-electron chi connectivity index (χ2n) is 10.3. The summed E-state index contributed by atoms with van der Waals surface area (Å²) in [6.45, 7) is 5.75. The van der Waals surface area contributed by atoms with Crippen molar-refractivity contribution >= 4 is 40.8 Å². The molecule has 3 heterocycles. The predicted octanol–water partition coefficient (Wildman–Crippen LogP) is 3.28. The monoisotopic (exact) mass is 540 g/mol. The Bertz CT molecular complexity index is 1340. The Morgan fingerprint density at radius 3 is 2.46 bits per heavy atom. The van der Waals surface area contributed by atoms with Crippen LogP contribution >= 0.6 is 0 Å². The average molecular weight is 541 g/mol. The van der Waals surface area contributed by atoms with Crippen LogP contribution in [0.2, 0.25) is 0 Å². The number of fused-ring (bicyclic) bond motifs is 1. The average Bonchev–Trinajstić information content (AvgIpc) is 3.20. The van der Waals surface area contributed by atoms with Crippen molar-refractivity contribution in [3.05, 3.63) is 59.8 Å². The summed E-state index contributed by atoms with van der Waals surface area (Å²) in [5, 5.41) is 15.0. The number of esters is 2. The second-order valence-corrected chi connectivity index (χ2v) is 10.3. The van der Waals surface area contributed by atoms with Gasteiger partial charge in [-0.2, -0.15) is 0 Å². The third-order valence-electron chi connectivity index (χ3n) is 6.42. The van der Waals surface area contributed by atoms with Crippen LogP contribution in [0.4, 0.5) is 20.6 Å². The van der Waals surface area contributed by atoms with E-state index in [0.717, 1.165) is 6.07 Å². The highest BCUT2D eigenvalue weighted by atomic mass is 19.1. The minimum atomic E-state index is -0.953. The Hall–Kier alpha value is -4.32. The largest absolute Gasteiger partial charge is 0.427 e. The molecule has 1 aromatic heterocycles. The summed E-state index contributed by atoms with van der Waals surface area (Å²) in [7, 11) is 0. The van der Waals surface area contributed by atoms with Crippen molar-refractivity contribution in [3.63, 3.8) is 0 Å². The Labute approximate surface area is 224 Å². The summed E-state index contributed by atoms with van der Waals surface area (Å²) >= 11 is 0. The van der Waals surface area contributed by atoms with Crippen LogP contribution in [0, 0.1) is 17.2 Å². The van der Waals surface area contributed by atoms with Gasteiger partial charge < -0.3 is 30.1 Å². The lowest BCUT2D eigenvalue weighted by molar-refractivity contribution is -0.175. The van der Waals surface area contributed by atoms with Gasteiger partial charge in [0.05, 0.1) is 29.2 Å². The third-order valence-corrected chi connectivity index (χ3v) is 6.42. The fourth-order valence-corrected chi connectivity index (χ4v) is 4.46. The van der Waals surface area contributed by atoms with Gasteiger partial charge in [0, 0.05) is 18.1 Å². The molecule has 0 aliphatic carbocycles. The number of hydrogen-bond donors (Lipinski definition) is 3. The molecule has 206 valence electrons. The molecule has 0 saturated carbocycles. The van der Waals surface area contributed by atoms with Gasteiger partial charge in [-0.1, -0.05) is 6.07 Å². The van der Waals surface area contributed by atoms with Crippen LogP contribution in [0.3, 0.4) is 0 Å². The minimum Gasteiger partial charge on any atom is -0.427 e. The van der Waals surface area contributed by atoms with Crippen LogP contribution in [0.1, 0.15) is 39.7 Å². The summed E-state index contributed by atoms with van der Waals surface area (Å²) in [5.41, 5.74) is 0.0601. The number of aliphatic hydroxyl groups is 1. The quantitative estimate of drug-likeness (QED) is 0.275. The Balaban J connectivity index is 1.55. The molecule has 3 N–H and O–H groups in total. The number of anilines is 2. The Kier molecular flexibility index (Phi) is 7.68. The van der Waals surface area contributed by atoms with E-state index in [1.165, 1.54) is 36.4 Å². The molecule has 1 fully saturated rings. The van der Waals surface area contributed by atoms with Crippen molar-refractivity contribution in [2.45, 2.75) is 46.3 Å². The van der Waals surface area contributed by atoms with E-state index in [4.69, 9.17) is 9.47 Å². The molecule has 4 rings (SSSR count). The van der Waals surface area contributed by atoms with Crippen LogP contribution in [-0.4, -0.2) is 57.8 Å². The molecule has 0 bridgehead atoms. The fourth-order valence-electron chi connectivity index (χ4n) is 4.46. The Morgan fingerprint density at radius 1 is 1.15 bits per heavy atom. The summed E-state index contributed by atoms with van der Waals surface area (Å²) < 4.78 is 25.2. The van der Waals surface area contributed by atoms with Gasteiger partial charge in [0.1, 0.15) is 11.5 Å². The molecule has 1 saturated heterocycles. The van der Waals surface area contributed by atoms with E-state index in [2.05, 4.69) is 15.6 Å². The lowest BCUT2D eigenvalue weighted by Crippen LogP contribution is -2.61. The van der Waals surface area contributed by atoms with Gasteiger partial charge in [0.2, 0.25) is 12.7 Å². The van der Waals surface area contributed by atoms with Gasteiger partial charge in [-0.3, -0.25) is 14.6 Å². The number of nitrogens with one attached hydrogen (secondary N) is 2. The molecule has 39 heavy (non-hydrogen) atoms. The molecule has 2 aromatic rings. The number of aromatic nitrogens is 1. The number of benzene rings is 1. The Morgan fingerprint density at radius 2 is 1.85 bits per heavy atom. The highest BCUT2D eigenvalue weighted by Gasteiger charge is 2.57. The van der Waals surface area contributed by atoms with Crippen molar-refractivity contribution in [3.8, 4) is 0 Å². The number of rotatable bonds is 7. The SMILES string of the molecule is C[C@@H](O)[C@H]1C(=O)N2C(C(=O)OCOC(=O)C(C)(C)C)=C(c3ccc(NC(=O)Nc4ccncc4)c(F)c3)C[C@H]12. The maximum Gasteiger partial charge on any atom is 0.358 e. The molecule has 2 aliphatic heterocycles. The number of carbonyl (C=O) groups is 4. The van der Waals surface area contributed by atoms with E-state index < -0.39 is 60.0 Å². The van der Waals surface area contributed by atoms with E-state index in [9.17, 15) is 24.3 Å². The number of amides is 3. The molecule has 12 heteroatoms. The number of pyridine rings is 1. The zero-order valence-electron chi connectivity index (χ0n) is 21.9.